The first-order valence-electron chi connectivity index (χ1n) is 8.12. The number of hydrogen-bond acceptors (Lipinski definition) is 4. The van der Waals surface area contributed by atoms with Crippen molar-refractivity contribution < 1.29 is 0 Å². The van der Waals surface area contributed by atoms with Crippen LogP contribution in [0.5, 0.6) is 0 Å². The summed E-state index contributed by atoms with van der Waals surface area (Å²) in [6, 6.07) is 11.4. The molecule has 0 radical (unpaired) electrons. The fourth-order valence-electron chi connectivity index (χ4n) is 2.89. The van der Waals surface area contributed by atoms with Crippen LogP contribution in [-0.2, 0) is 19.6 Å². The molecule has 0 unspecified atom stereocenters. The van der Waals surface area contributed by atoms with Gasteiger partial charge in [0.1, 0.15) is 6.54 Å². The van der Waals surface area contributed by atoms with Gasteiger partial charge in [-0.15, -0.1) is 0 Å². The lowest BCUT2D eigenvalue weighted by molar-refractivity contribution is 0.529. The van der Waals surface area contributed by atoms with Crippen molar-refractivity contribution in [1.82, 2.24) is 18.7 Å². The second-order valence-electron chi connectivity index (χ2n) is 6.37. The second-order valence-corrected chi connectivity index (χ2v) is 6.37. The minimum Gasteiger partial charge on any atom is -0.324 e. The van der Waals surface area contributed by atoms with E-state index in [9.17, 15) is 9.59 Å². The number of hydrogen-bond donors (Lipinski definition) is 0. The van der Waals surface area contributed by atoms with Gasteiger partial charge in [-0.1, -0.05) is 44.2 Å². The summed E-state index contributed by atoms with van der Waals surface area (Å²) in [5.41, 5.74) is 0.654. The number of fused-ring (bicyclic) bond motifs is 1. The molecule has 0 aliphatic carbocycles. The second kappa shape index (κ2) is 6.77. The van der Waals surface area contributed by atoms with Crippen LogP contribution in [0.4, 0.5) is 0 Å². The van der Waals surface area contributed by atoms with E-state index in [-0.39, 0.29) is 6.54 Å². The molecule has 0 bridgehead atoms. The average Bonchev–Trinajstić information content (AvgIpc) is 2.99. The standard InChI is InChI=1S/C18H19N5O2/c1-13(2)10-21-12-20-16-15(21)17(24)22(9-8-19)18(25)23(16)11-14-6-4-3-5-7-14/h3-7,12-13H,9-11H2,1-2H3. The minimum atomic E-state index is -0.516. The Morgan fingerprint density at radius 3 is 2.52 bits per heavy atom. The molecule has 0 aliphatic heterocycles. The summed E-state index contributed by atoms with van der Waals surface area (Å²) in [6.07, 6.45) is 1.59. The maximum absolute atomic E-state index is 12.8. The molecule has 0 fully saturated rings. The van der Waals surface area contributed by atoms with Crippen LogP contribution in [0, 0.1) is 17.2 Å². The Morgan fingerprint density at radius 2 is 1.88 bits per heavy atom. The van der Waals surface area contributed by atoms with E-state index in [1.807, 2.05) is 50.2 Å². The maximum Gasteiger partial charge on any atom is 0.333 e. The molecule has 0 amide bonds. The zero-order valence-electron chi connectivity index (χ0n) is 14.2. The van der Waals surface area contributed by atoms with Crippen LogP contribution < -0.4 is 11.2 Å². The zero-order chi connectivity index (χ0) is 18.0. The molecule has 25 heavy (non-hydrogen) atoms. The van der Waals surface area contributed by atoms with Gasteiger partial charge < -0.3 is 4.57 Å². The third-order valence-electron chi connectivity index (χ3n) is 3.96. The Hall–Kier alpha value is -3.14. The Morgan fingerprint density at radius 1 is 1.16 bits per heavy atom. The number of imidazole rings is 1. The van der Waals surface area contributed by atoms with Gasteiger partial charge in [0.05, 0.1) is 18.9 Å². The van der Waals surface area contributed by atoms with Crippen molar-refractivity contribution >= 4 is 11.2 Å². The number of rotatable bonds is 5. The van der Waals surface area contributed by atoms with E-state index in [0.717, 1.165) is 10.1 Å². The van der Waals surface area contributed by atoms with Crippen LogP contribution in [0.3, 0.4) is 0 Å². The van der Waals surface area contributed by atoms with E-state index >= 15 is 0 Å². The summed E-state index contributed by atoms with van der Waals surface area (Å²) in [4.78, 5) is 29.8. The Balaban J connectivity index is 2.28. The molecule has 0 spiro atoms. The zero-order valence-corrected chi connectivity index (χ0v) is 14.2. The summed E-state index contributed by atoms with van der Waals surface area (Å²) >= 11 is 0. The van der Waals surface area contributed by atoms with E-state index in [2.05, 4.69) is 4.98 Å². The Kier molecular flexibility index (Phi) is 4.52. The van der Waals surface area contributed by atoms with Gasteiger partial charge in [0.15, 0.2) is 11.2 Å². The highest BCUT2D eigenvalue weighted by atomic mass is 16.2. The van der Waals surface area contributed by atoms with Crippen LogP contribution in [0.2, 0.25) is 0 Å². The van der Waals surface area contributed by atoms with Crippen molar-refractivity contribution in [2.24, 2.45) is 5.92 Å². The van der Waals surface area contributed by atoms with Crippen molar-refractivity contribution in [1.29, 1.82) is 5.26 Å². The molecule has 0 saturated heterocycles. The molecule has 2 heterocycles. The predicted octanol–water partition coefficient (Wildman–Crippen LogP) is 1.59. The lowest BCUT2D eigenvalue weighted by Gasteiger charge is -2.12. The molecule has 2 aromatic heterocycles. The van der Waals surface area contributed by atoms with E-state index in [1.165, 1.54) is 4.57 Å². The van der Waals surface area contributed by atoms with Crippen LogP contribution >= 0.6 is 0 Å². The lowest BCUT2D eigenvalue weighted by Crippen LogP contribution is -2.40. The SMILES string of the molecule is CC(C)Cn1cnc2c1c(=O)n(CC#N)c(=O)n2Cc1ccccc1. The van der Waals surface area contributed by atoms with Gasteiger partial charge in [-0.25, -0.2) is 14.3 Å². The summed E-state index contributed by atoms with van der Waals surface area (Å²) in [6.45, 7) is 4.71. The van der Waals surface area contributed by atoms with Gasteiger partial charge >= 0.3 is 5.69 Å². The van der Waals surface area contributed by atoms with Crippen LogP contribution in [0.25, 0.3) is 11.2 Å². The van der Waals surface area contributed by atoms with Gasteiger partial charge in [0.2, 0.25) is 0 Å². The summed E-state index contributed by atoms with van der Waals surface area (Å²) in [7, 11) is 0. The highest BCUT2D eigenvalue weighted by Crippen LogP contribution is 2.11. The molecule has 0 atom stereocenters. The van der Waals surface area contributed by atoms with Crippen molar-refractivity contribution in [3.63, 3.8) is 0 Å². The lowest BCUT2D eigenvalue weighted by atomic mass is 10.2. The Bertz CT molecular complexity index is 1050. The maximum atomic E-state index is 12.8. The quantitative estimate of drug-likeness (QED) is 0.707. The highest BCUT2D eigenvalue weighted by Gasteiger charge is 2.18. The van der Waals surface area contributed by atoms with Crippen molar-refractivity contribution in [3.8, 4) is 6.07 Å². The molecule has 1 aromatic carbocycles. The molecule has 0 saturated carbocycles. The van der Waals surface area contributed by atoms with Crippen molar-refractivity contribution in [2.75, 3.05) is 0 Å². The molecule has 0 aliphatic rings. The summed E-state index contributed by atoms with van der Waals surface area (Å²) in [5.74, 6) is 0.315. The molecular formula is C18H19N5O2. The van der Waals surface area contributed by atoms with Gasteiger partial charge in [0.25, 0.3) is 5.56 Å². The van der Waals surface area contributed by atoms with Crippen LogP contribution in [0.1, 0.15) is 19.4 Å². The van der Waals surface area contributed by atoms with Gasteiger partial charge in [0, 0.05) is 6.54 Å². The third kappa shape index (κ3) is 3.11. The fraction of sp³-hybridized carbons (Fsp3) is 0.333. The molecule has 0 N–H and O–H groups in total. The number of nitriles is 1. The monoisotopic (exact) mass is 337 g/mol. The first-order chi connectivity index (χ1) is 12.0. The predicted molar refractivity (Wildman–Crippen MR) is 94.2 cm³/mol. The topological polar surface area (TPSA) is 85.6 Å². The Labute approximate surface area is 144 Å². The molecular weight excluding hydrogens is 318 g/mol. The van der Waals surface area contributed by atoms with Crippen molar-refractivity contribution in [2.45, 2.75) is 33.5 Å². The highest BCUT2D eigenvalue weighted by molar-refractivity contribution is 5.70. The normalized spacial score (nSPS) is 11.1. The van der Waals surface area contributed by atoms with Gasteiger partial charge in [-0.05, 0) is 11.5 Å². The third-order valence-corrected chi connectivity index (χ3v) is 3.96. The average molecular weight is 337 g/mol. The number of aromatic nitrogens is 4. The van der Waals surface area contributed by atoms with E-state index in [1.54, 1.807) is 10.9 Å². The van der Waals surface area contributed by atoms with E-state index in [0.29, 0.717) is 30.2 Å². The minimum absolute atomic E-state index is 0.282. The largest absolute Gasteiger partial charge is 0.333 e. The van der Waals surface area contributed by atoms with Crippen LogP contribution in [-0.4, -0.2) is 18.7 Å². The van der Waals surface area contributed by atoms with E-state index < -0.39 is 11.2 Å². The van der Waals surface area contributed by atoms with Crippen molar-refractivity contribution in [3.05, 3.63) is 63.1 Å². The number of benzene rings is 1. The number of nitrogens with zero attached hydrogens (tertiary/aromatic N) is 5. The molecule has 3 rings (SSSR count). The van der Waals surface area contributed by atoms with Gasteiger partial charge in [-0.2, -0.15) is 5.26 Å². The van der Waals surface area contributed by atoms with E-state index in [4.69, 9.17) is 5.26 Å². The smallest absolute Gasteiger partial charge is 0.324 e. The first-order valence-corrected chi connectivity index (χ1v) is 8.12. The summed E-state index contributed by atoms with van der Waals surface area (Å²) in [5, 5.41) is 9.01. The first kappa shape index (κ1) is 16.7. The van der Waals surface area contributed by atoms with Crippen LogP contribution in [0.15, 0.2) is 46.2 Å². The summed E-state index contributed by atoms with van der Waals surface area (Å²) < 4.78 is 4.20. The van der Waals surface area contributed by atoms with Gasteiger partial charge in [-0.3, -0.25) is 9.36 Å². The molecule has 128 valence electrons. The molecule has 7 nitrogen and oxygen atoms in total. The fourth-order valence-corrected chi connectivity index (χ4v) is 2.89. The molecule has 3 aromatic rings. The molecule has 7 heteroatoms.